The zero-order chi connectivity index (χ0) is 19.8. The first-order valence-corrected chi connectivity index (χ1v) is 10.6. The van der Waals surface area contributed by atoms with Crippen LogP contribution in [0.4, 0.5) is 0 Å². The lowest BCUT2D eigenvalue weighted by molar-refractivity contribution is -0.223. The molecule has 0 radical (unpaired) electrons. The summed E-state index contributed by atoms with van der Waals surface area (Å²) in [6.45, 7) is 10.7. The van der Waals surface area contributed by atoms with Crippen molar-refractivity contribution in [2.24, 2.45) is 28.1 Å². The van der Waals surface area contributed by atoms with Gasteiger partial charge in [0, 0.05) is 30.3 Å². The third-order valence-electron chi connectivity index (χ3n) is 8.99. The van der Waals surface area contributed by atoms with Gasteiger partial charge in [0.1, 0.15) is 6.10 Å². The summed E-state index contributed by atoms with van der Waals surface area (Å²) >= 11 is 0. The highest BCUT2D eigenvalue weighted by molar-refractivity contribution is 6.00. The Hall–Kier alpha value is -1.16. The summed E-state index contributed by atoms with van der Waals surface area (Å²) in [5.41, 5.74) is -0.793. The van der Waals surface area contributed by atoms with Gasteiger partial charge in [-0.2, -0.15) is 0 Å². The molecule has 150 valence electrons. The fourth-order valence-corrected chi connectivity index (χ4v) is 7.96. The van der Waals surface area contributed by atoms with E-state index in [2.05, 4.69) is 27.7 Å². The predicted octanol–water partition coefficient (Wildman–Crippen LogP) is 4.20. The van der Waals surface area contributed by atoms with E-state index in [1.165, 1.54) is 13.3 Å². The molecule has 4 nitrogen and oxygen atoms in total. The molecule has 27 heavy (non-hydrogen) atoms. The Morgan fingerprint density at radius 2 is 1.85 bits per heavy atom. The topological polar surface area (TPSA) is 63.6 Å². The molecule has 0 bridgehead atoms. The Balaban J connectivity index is 1.89. The average molecular weight is 375 g/mol. The summed E-state index contributed by atoms with van der Waals surface area (Å²) in [4.78, 5) is 24.5. The van der Waals surface area contributed by atoms with Crippen molar-refractivity contribution in [2.75, 3.05) is 0 Å². The van der Waals surface area contributed by atoms with Crippen LogP contribution in [0.5, 0.6) is 0 Å². The van der Waals surface area contributed by atoms with E-state index >= 15 is 0 Å². The van der Waals surface area contributed by atoms with Crippen molar-refractivity contribution in [3.8, 4) is 0 Å². The second-order valence-corrected chi connectivity index (χ2v) is 10.8. The number of fused-ring (bicyclic) bond motifs is 5. The monoisotopic (exact) mass is 374 g/mol. The lowest BCUT2D eigenvalue weighted by Gasteiger charge is -2.67. The van der Waals surface area contributed by atoms with Crippen LogP contribution in [0.3, 0.4) is 0 Å². The van der Waals surface area contributed by atoms with Crippen molar-refractivity contribution in [3.63, 3.8) is 0 Å². The zero-order valence-corrected chi connectivity index (χ0v) is 17.4. The van der Waals surface area contributed by atoms with Crippen LogP contribution in [-0.4, -0.2) is 28.6 Å². The minimum absolute atomic E-state index is 0.0156. The molecule has 0 aromatic rings. The van der Waals surface area contributed by atoms with Crippen LogP contribution in [0.1, 0.15) is 79.6 Å². The van der Waals surface area contributed by atoms with Crippen LogP contribution in [0, 0.1) is 28.1 Å². The Bertz CT molecular complexity index is 722. The van der Waals surface area contributed by atoms with Crippen molar-refractivity contribution < 1.29 is 19.4 Å². The molecular weight excluding hydrogens is 340 g/mol. The van der Waals surface area contributed by atoms with Crippen LogP contribution < -0.4 is 0 Å². The molecule has 1 N–H and O–H groups in total. The van der Waals surface area contributed by atoms with Gasteiger partial charge in [0.05, 0.1) is 5.60 Å². The van der Waals surface area contributed by atoms with Crippen molar-refractivity contribution >= 4 is 11.8 Å². The van der Waals surface area contributed by atoms with Gasteiger partial charge in [-0.25, -0.2) is 0 Å². The summed E-state index contributed by atoms with van der Waals surface area (Å²) < 4.78 is 5.83. The summed E-state index contributed by atoms with van der Waals surface area (Å²) in [5.74, 6) is 0.277. The SMILES string of the molecule is CC(=O)O[C@H]1C=C2C(=O)CC[C@@]2(O)[C@]2(C)CCC3C(C)(C)CCC[C@]3(C)C12. The zero-order valence-electron chi connectivity index (χ0n) is 17.4. The van der Waals surface area contributed by atoms with E-state index in [-0.39, 0.29) is 28.5 Å². The summed E-state index contributed by atoms with van der Waals surface area (Å²) in [6, 6.07) is 0. The number of ether oxygens (including phenoxy) is 1. The minimum Gasteiger partial charge on any atom is -0.458 e. The Kier molecular flexibility index (Phi) is 4.04. The average Bonchev–Trinajstić information content (AvgIpc) is 2.83. The van der Waals surface area contributed by atoms with Gasteiger partial charge in [-0.1, -0.05) is 34.1 Å². The maximum atomic E-state index is 12.6. The van der Waals surface area contributed by atoms with Gasteiger partial charge in [0.2, 0.25) is 0 Å². The number of ketones is 1. The highest BCUT2D eigenvalue weighted by Gasteiger charge is 2.70. The molecule has 3 saturated carbocycles. The second-order valence-electron chi connectivity index (χ2n) is 10.8. The number of hydrogen-bond acceptors (Lipinski definition) is 4. The Morgan fingerprint density at radius 3 is 2.52 bits per heavy atom. The number of carbonyl (C=O) groups excluding carboxylic acids is 2. The number of rotatable bonds is 1. The number of Topliss-reactive ketones (excluding diaryl/α,β-unsaturated/α-hetero) is 1. The number of esters is 1. The van der Waals surface area contributed by atoms with E-state index in [1.54, 1.807) is 0 Å². The third-order valence-corrected chi connectivity index (χ3v) is 8.99. The molecule has 0 aromatic heterocycles. The first-order valence-electron chi connectivity index (χ1n) is 10.6. The van der Waals surface area contributed by atoms with Gasteiger partial charge < -0.3 is 9.84 Å². The normalized spacial score (nSPS) is 48.1. The third kappa shape index (κ3) is 2.38. The number of aliphatic hydroxyl groups is 1. The van der Waals surface area contributed by atoms with E-state index in [9.17, 15) is 14.7 Å². The molecule has 0 saturated heterocycles. The molecule has 4 heteroatoms. The Morgan fingerprint density at radius 1 is 1.15 bits per heavy atom. The highest BCUT2D eigenvalue weighted by atomic mass is 16.5. The maximum Gasteiger partial charge on any atom is 0.303 e. The van der Waals surface area contributed by atoms with Gasteiger partial charge in [-0.3, -0.25) is 9.59 Å². The van der Waals surface area contributed by atoms with Crippen LogP contribution in [0.2, 0.25) is 0 Å². The summed E-state index contributed by atoms with van der Waals surface area (Å²) in [6.07, 6.45) is 7.70. The van der Waals surface area contributed by atoms with Gasteiger partial charge in [-0.15, -0.1) is 0 Å². The van der Waals surface area contributed by atoms with Crippen molar-refractivity contribution in [3.05, 3.63) is 11.6 Å². The predicted molar refractivity (Wildman–Crippen MR) is 103 cm³/mol. The molecule has 4 aliphatic carbocycles. The second kappa shape index (κ2) is 5.68. The Labute approximate surface area is 162 Å². The van der Waals surface area contributed by atoms with Gasteiger partial charge in [0.25, 0.3) is 0 Å². The lowest BCUT2D eigenvalue weighted by Crippen LogP contribution is -2.67. The van der Waals surface area contributed by atoms with E-state index < -0.39 is 17.1 Å². The van der Waals surface area contributed by atoms with Gasteiger partial charge in [-0.05, 0) is 54.9 Å². The highest BCUT2D eigenvalue weighted by Crippen LogP contribution is 2.70. The molecule has 6 atom stereocenters. The molecule has 0 aliphatic heterocycles. The maximum absolute atomic E-state index is 12.6. The van der Waals surface area contributed by atoms with Crippen LogP contribution >= 0.6 is 0 Å². The molecule has 0 heterocycles. The van der Waals surface area contributed by atoms with Gasteiger partial charge >= 0.3 is 5.97 Å². The van der Waals surface area contributed by atoms with Crippen molar-refractivity contribution in [1.82, 2.24) is 0 Å². The van der Waals surface area contributed by atoms with Crippen LogP contribution in [-0.2, 0) is 14.3 Å². The van der Waals surface area contributed by atoms with E-state index in [4.69, 9.17) is 4.74 Å². The van der Waals surface area contributed by atoms with Crippen molar-refractivity contribution in [2.45, 2.75) is 91.3 Å². The molecule has 4 aliphatic rings. The van der Waals surface area contributed by atoms with Crippen LogP contribution in [0.15, 0.2) is 11.6 Å². The van der Waals surface area contributed by atoms with Crippen molar-refractivity contribution in [1.29, 1.82) is 0 Å². The summed E-state index contributed by atoms with van der Waals surface area (Å²) in [5, 5.41) is 11.8. The first kappa shape index (κ1) is 19.2. The van der Waals surface area contributed by atoms with E-state index in [0.29, 0.717) is 24.3 Å². The standard InChI is InChI=1S/C23H34O4/c1-14(24)27-17-13-15-16(25)7-12-23(15,26)22(5)11-8-18-20(2,3)9-6-10-21(18,4)19(17)22/h13,17-19,26H,6-12H2,1-5H3/t17-,18?,19?,21-,22+,23-/m0/s1. The van der Waals surface area contributed by atoms with E-state index in [0.717, 1.165) is 25.7 Å². The van der Waals surface area contributed by atoms with Crippen LogP contribution in [0.25, 0.3) is 0 Å². The number of hydrogen-bond donors (Lipinski definition) is 1. The van der Waals surface area contributed by atoms with Gasteiger partial charge in [0.15, 0.2) is 5.78 Å². The summed E-state index contributed by atoms with van der Waals surface area (Å²) in [7, 11) is 0. The minimum atomic E-state index is -1.08. The fourth-order valence-electron chi connectivity index (χ4n) is 7.96. The lowest BCUT2D eigenvalue weighted by atomic mass is 9.38. The molecule has 0 amide bonds. The quantitative estimate of drug-likeness (QED) is 0.699. The smallest absolute Gasteiger partial charge is 0.303 e. The van der Waals surface area contributed by atoms with E-state index in [1.807, 2.05) is 6.08 Å². The molecular formula is C23H34O4. The molecule has 4 rings (SSSR count). The molecule has 3 fully saturated rings. The molecule has 0 spiro atoms. The first-order chi connectivity index (χ1) is 12.5. The largest absolute Gasteiger partial charge is 0.458 e. The molecule has 2 unspecified atom stereocenters. The fraction of sp³-hybridized carbons (Fsp3) is 0.826. The molecule has 0 aromatic carbocycles. The number of carbonyl (C=O) groups is 2.